The molecule has 0 heterocycles. The van der Waals surface area contributed by atoms with Gasteiger partial charge >= 0.3 is 0 Å². The SMILES string of the molecule is Cc1ccc(C)c(SCC(=O)NCC(C)(C)N)c1.Cl. The van der Waals surface area contributed by atoms with Crippen molar-refractivity contribution in [3.8, 4) is 0 Å². The highest BCUT2D eigenvalue weighted by Gasteiger charge is 2.12. The molecule has 0 saturated heterocycles. The molecule has 1 aromatic carbocycles. The number of hydrogen-bond acceptors (Lipinski definition) is 3. The van der Waals surface area contributed by atoms with Crippen molar-refractivity contribution in [2.24, 2.45) is 5.73 Å². The Morgan fingerprint density at radius 1 is 1.37 bits per heavy atom. The lowest BCUT2D eigenvalue weighted by atomic mass is 10.1. The molecule has 108 valence electrons. The fraction of sp³-hybridized carbons (Fsp3) is 0.500. The van der Waals surface area contributed by atoms with Crippen LogP contribution in [0, 0.1) is 13.8 Å². The average molecular weight is 303 g/mol. The highest BCUT2D eigenvalue weighted by molar-refractivity contribution is 8.00. The van der Waals surface area contributed by atoms with Crippen molar-refractivity contribution in [3.63, 3.8) is 0 Å². The number of nitrogens with one attached hydrogen (secondary N) is 1. The number of aryl methyl sites for hydroxylation is 2. The topological polar surface area (TPSA) is 55.1 Å². The van der Waals surface area contributed by atoms with Crippen LogP contribution in [0.15, 0.2) is 23.1 Å². The Kier molecular flexibility index (Phi) is 7.49. The highest BCUT2D eigenvalue weighted by atomic mass is 35.5. The minimum Gasteiger partial charge on any atom is -0.354 e. The van der Waals surface area contributed by atoms with Crippen molar-refractivity contribution >= 4 is 30.1 Å². The summed E-state index contributed by atoms with van der Waals surface area (Å²) in [7, 11) is 0. The van der Waals surface area contributed by atoms with Crippen LogP contribution in [0.1, 0.15) is 25.0 Å². The third kappa shape index (κ3) is 7.45. The summed E-state index contributed by atoms with van der Waals surface area (Å²) in [6.07, 6.45) is 0. The Labute approximate surface area is 126 Å². The van der Waals surface area contributed by atoms with Crippen LogP contribution >= 0.6 is 24.2 Å². The summed E-state index contributed by atoms with van der Waals surface area (Å²) in [6.45, 7) is 8.40. The van der Waals surface area contributed by atoms with Crippen LogP contribution in [0.4, 0.5) is 0 Å². The van der Waals surface area contributed by atoms with Gasteiger partial charge in [-0.2, -0.15) is 0 Å². The molecule has 0 aliphatic heterocycles. The first-order valence-electron chi connectivity index (χ1n) is 6.03. The predicted molar refractivity (Wildman–Crippen MR) is 85.2 cm³/mol. The molecule has 1 rings (SSSR count). The zero-order chi connectivity index (χ0) is 13.8. The normalized spacial score (nSPS) is 10.8. The molecule has 0 aliphatic rings. The largest absolute Gasteiger partial charge is 0.354 e. The molecule has 3 N–H and O–H groups in total. The molecule has 0 aromatic heterocycles. The Balaban J connectivity index is 0.00000324. The van der Waals surface area contributed by atoms with E-state index in [0.29, 0.717) is 12.3 Å². The molecule has 0 radical (unpaired) electrons. The Morgan fingerprint density at radius 2 is 2.00 bits per heavy atom. The number of carbonyl (C=O) groups is 1. The minimum absolute atomic E-state index is 0. The number of carbonyl (C=O) groups excluding carboxylic acids is 1. The minimum atomic E-state index is -0.362. The van der Waals surface area contributed by atoms with Crippen LogP contribution in [0.3, 0.4) is 0 Å². The van der Waals surface area contributed by atoms with E-state index in [1.165, 1.54) is 11.1 Å². The monoisotopic (exact) mass is 302 g/mol. The molecule has 0 atom stereocenters. The summed E-state index contributed by atoms with van der Waals surface area (Å²) in [6, 6.07) is 6.27. The summed E-state index contributed by atoms with van der Waals surface area (Å²) >= 11 is 1.57. The van der Waals surface area contributed by atoms with Gasteiger partial charge in [0, 0.05) is 17.0 Å². The quantitative estimate of drug-likeness (QED) is 0.822. The Hall–Kier alpha value is -0.710. The molecule has 0 spiro atoms. The number of rotatable bonds is 5. The lowest BCUT2D eigenvalue weighted by Crippen LogP contribution is -2.45. The molecule has 3 nitrogen and oxygen atoms in total. The van der Waals surface area contributed by atoms with E-state index in [1.54, 1.807) is 11.8 Å². The van der Waals surface area contributed by atoms with E-state index in [0.717, 1.165) is 4.90 Å². The van der Waals surface area contributed by atoms with Gasteiger partial charge in [0.15, 0.2) is 0 Å². The molecule has 0 fully saturated rings. The predicted octanol–water partition coefficient (Wildman–Crippen LogP) is 2.67. The number of halogens is 1. The molecular weight excluding hydrogens is 280 g/mol. The first kappa shape index (κ1) is 18.3. The number of benzene rings is 1. The molecule has 5 heteroatoms. The van der Waals surface area contributed by atoms with E-state index in [9.17, 15) is 4.79 Å². The summed E-state index contributed by atoms with van der Waals surface area (Å²) in [4.78, 5) is 12.8. The van der Waals surface area contributed by atoms with Crippen molar-refractivity contribution in [2.75, 3.05) is 12.3 Å². The zero-order valence-corrected chi connectivity index (χ0v) is 13.6. The maximum Gasteiger partial charge on any atom is 0.230 e. The number of thioether (sulfide) groups is 1. The van der Waals surface area contributed by atoms with Gasteiger partial charge < -0.3 is 11.1 Å². The van der Waals surface area contributed by atoms with Gasteiger partial charge in [0.1, 0.15) is 0 Å². The Bertz CT molecular complexity index is 430. The van der Waals surface area contributed by atoms with Crippen LogP contribution in [-0.4, -0.2) is 23.7 Å². The molecule has 0 saturated carbocycles. The number of hydrogen-bond donors (Lipinski definition) is 2. The first-order valence-corrected chi connectivity index (χ1v) is 7.02. The van der Waals surface area contributed by atoms with Crippen molar-refractivity contribution < 1.29 is 4.79 Å². The average Bonchev–Trinajstić information content (AvgIpc) is 2.26. The van der Waals surface area contributed by atoms with Gasteiger partial charge in [0.2, 0.25) is 5.91 Å². The van der Waals surface area contributed by atoms with E-state index >= 15 is 0 Å². The van der Waals surface area contributed by atoms with Crippen LogP contribution in [0.25, 0.3) is 0 Å². The van der Waals surface area contributed by atoms with Crippen molar-refractivity contribution in [1.29, 1.82) is 0 Å². The van der Waals surface area contributed by atoms with Gasteiger partial charge in [0.05, 0.1) is 5.75 Å². The third-order valence-corrected chi connectivity index (χ3v) is 3.60. The van der Waals surface area contributed by atoms with Gasteiger partial charge in [-0.15, -0.1) is 24.2 Å². The standard InChI is InChI=1S/C14H22N2OS.ClH/c1-10-5-6-11(2)12(7-10)18-8-13(17)16-9-14(3,4)15;/h5-7H,8-9,15H2,1-4H3,(H,16,17);1H. The molecule has 19 heavy (non-hydrogen) atoms. The van der Waals surface area contributed by atoms with E-state index in [4.69, 9.17) is 5.73 Å². The summed E-state index contributed by atoms with van der Waals surface area (Å²) in [5.74, 6) is 0.458. The molecule has 0 aliphatic carbocycles. The second-order valence-corrected chi connectivity index (χ2v) is 6.34. The van der Waals surface area contributed by atoms with Gasteiger partial charge in [-0.25, -0.2) is 0 Å². The fourth-order valence-corrected chi connectivity index (χ4v) is 2.34. The van der Waals surface area contributed by atoms with Gasteiger partial charge in [0.25, 0.3) is 0 Å². The molecule has 1 amide bonds. The fourth-order valence-electron chi connectivity index (χ4n) is 1.38. The molecule has 1 aromatic rings. The van der Waals surface area contributed by atoms with Crippen molar-refractivity contribution in [3.05, 3.63) is 29.3 Å². The molecule has 0 unspecified atom stereocenters. The van der Waals surface area contributed by atoms with E-state index in [-0.39, 0.29) is 23.9 Å². The Morgan fingerprint density at radius 3 is 2.58 bits per heavy atom. The maximum absolute atomic E-state index is 11.7. The van der Waals surface area contributed by atoms with Crippen LogP contribution in [0.5, 0.6) is 0 Å². The summed E-state index contributed by atoms with van der Waals surface area (Å²) in [5, 5.41) is 2.84. The zero-order valence-electron chi connectivity index (χ0n) is 11.9. The van der Waals surface area contributed by atoms with Crippen molar-refractivity contribution in [2.45, 2.75) is 38.1 Å². The smallest absolute Gasteiger partial charge is 0.230 e. The lowest BCUT2D eigenvalue weighted by molar-refractivity contribution is -0.118. The summed E-state index contributed by atoms with van der Waals surface area (Å²) in [5.41, 5.74) is 7.87. The lowest BCUT2D eigenvalue weighted by Gasteiger charge is -2.18. The molecular formula is C14H23ClN2OS. The van der Waals surface area contributed by atoms with Crippen LogP contribution in [-0.2, 0) is 4.79 Å². The van der Waals surface area contributed by atoms with E-state index in [2.05, 4.69) is 37.4 Å². The first-order chi connectivity index (χ1) is 8.28. The van der Waals surface area contributed by atoms with E-state index < -0.39 is 0 Å². The summed E-state index contributed by atoms with van der Waals surface area (Å²) < 4.78 is 0. The van der Waals surface area contributed by atoms with Gasteiger partial charge in [-0.3, -0.25) is 4.79 Å². The van der Waals surface area contributed by atoms with Gasteiger partial charge in [-0.1, -0.05) is 17.7 Å². The van der Waals surface area contributed by atoms with Crippen LogP contribution in [0.2, 0.25) is 0 Å². The van der Waals surface area contributed by atoms with Crippen LogP contribution < -0.4 is 11.1 Å². The van der Waals surface area contributed by atoms with Crippen molar-refractivity contribution in [1.82, 2.24) is 5.32 Å². The van der Waals surface area contributed by atoms with Gasteiger partial charge in [-0.05, 0) is 39.3 Å². The number of nitrogens with two attached hydrogens (primary N) is 1. The highest BCUT2D eigenvalue weighted by Crippen LogP contribution is 2.23. The van der Waals surface area contributed by atoms with E-state index in [1.807, 2.05) is 13.8 Å². The second-order valence-electron chi connectivity index (χ2n) is 5.32. The second kappa shape index (κ2) is 7.78. The number of amides is 1. The maximum atomic E-state index is 11.7. The molecule has 0 bridgehead atoms. The third-order valence-electron chi connectivity index (χ3n) is 2.44.